The van der Waals surface area contributed by atoms with E-state index in [0.29, 0.717) is 58.5 Å². The fourth-order valence-corrected chi connectivity index (χ4v) is 16.6. The zero-order valence-corrected chi connectivity index (χ0v) is 78.7. The second-order valence-corrected chi connectivity index (χ2v) is 35.8. The fraction of sp³-hybridized carbons (Fsp3) is 0.931. The highest BCUT2D eigenvalue weighted by Gasteiger charge is 2.24. The quantitative estimate of drug-likeness (QED) is 0.0332. The van der Waals surface area contributed by atoms with Crippen molar-refractivity contribution in [3.8, 4) is 0 Å². The smallest absolute Gasteiger partial charge is 0.306 e. The minimum Gasteiger partial charge on any atom is -0.466 e. The first-order valence-corrected chi connectivity index (χ1v) is 51.6. The van der Waals surface area contributed by atoms with Crippen LogP contribution in [0.4, 0.5) is 0 Å². The van der Waals surface area contributed by atoms with Crippen LogP contribution in [0.5, 0.6) is 0 Å². The van der Waals surface area contributed by atoms with E-state index in [1.807, 2.05) is 0 Å². The summed E-state index contributed by atoms with van der Waals surface area (Å²) in [6.45, 7) is 22.9. The molecule has 0 aromatic rings. The molecule has 1 saturated heterocycles. The molecule has 118 heavy (non-hydrogen) atoms. The molecule has 0 aliphatic carbocycles. The molecule has 1 aliphatic heterocycles. The molecule has 0 aromatic carbocycles. The van der Waals surface area contributed by atoms with Gasteiger partial charge >= 0.3 is 23.9 Å². The molecule has 0 aromatic heterocycles. The van der Waals surface area contributed by atoms with Crippen LogP contribution in [-0.2, 0) is 52.5 Å². The lowest BCUT2D eigenvalue weighted by atomic mass is 10.0. The molecular formula is C101H194N6O11. The van der Waals surface area contributed by atoms with Crippen LogP contribution in [-0.4, -0.2) is 172 Å². The van der Waals surface area contributed by atoms with E-state index in [1.54, 1.807) is 0 Å². The molecule has 3 amide bonds. The Morgan fingerprint density at radius 2 is 0.525 bits per heavy atom. The number of nitrogens with zero attached hydrogens (tertiary/aromatic N) is 4. The second kappa shape index (κ2) is 88.0. The predicted octanol–water partition coefficient (Wildman–Crippen LogP) is 25.7. The van der Waals surface area contributed by atoms with Gasteiger partial charge in [-0.2, -0.15) is 0 Å². The number of likely N-dealkylation sites (tertiary alicyclic amines) is 1. The first-order valence-electron chi connectivity index (χ1n) is 51.6. The van der Waals surface area contributed by atoms with Crippen molar-refractivity contribution in [2.24, 2.45) is 0 Å². The topological polar surface area (TPSA) is 193 Å². The Hall–Kier alpha value is -3.83. The number of amides is 3. The zero-order chi connectivity index (χ0) is 85.6. The summed E-state index contributed by atoms with van der Waals surface area (Å²) in [6, 6.07) is 0. The highest BCUT2D eigenvalue weighted by molar-refractivity contribution is 5.89. The second-order valence-electron chi connectivity index (χ2n) is 35.8. The van der Waals surface area contributed by atoms with Crippen molar-refractivity contribution in [2.75, 3.05) is 98.3 Å². The Balaban J connectivity index is 2.97. The van der Waals surface area contributed by atoms with Crippen LogP contribution in [0.15, 0.2) is 0 Å². The minimum atomic E-state index is -0.265. The first-order chi connectivity index (χ1) is 57.9. The SMILES string of the molecule is CCCCCCCCCCCOC(=O)CCCCCN(CCCCCCCC(=O)OC(CCCCCCCC)CCCCCCCC)CCCNC(=O)CN(CC(=O)NCCCN(CCCCCCCC(=O)OC(CCCCCCCC)CCCCCCCC)CCCCCC(=O)OCCCCCCCCCCC)C(=O)CCN1CCCC1. The van der Waals surface area contributed by atoms with Crippen molar-refractivity contribution in [3.63, 3.8) is 0 Å². The molecular weight excluding hydrogens is 1470 g/mol. The number of rotatable bonds is 93. The molecule has 0 bridgehead atoms. The van der Waals surface area contributed by atoms with Gasteiger partial charge in [0.05, 0.1) is 13.2 Å². The summed E-state index contributed by atoms with van der Waals surface area (Å²) in [5, 5.41) is 6.23. The van der Waals surface area contributed by atoms with Crippen molar-refractivity contribution < 1.29 is 52.5 Å². The van der Waals surface area contributed by atoms with Crippen molar-refractivity contribution in [3.05, 3.63) is 0 Å². The summed E-state index contributed by atoms with van der Waals surface area (Å²) >= 11 is 0. The van der Waals surface area contributed by atoms with E-state index >= 15 is 0 Å². The van der Waals surface area contributed by atoms with E-state index in [4.69, 9.17) is 18.9 Å². The predicted molar refractivity (Wildman–Crippen MR) is 495 cm³/mol. The van der Waals surface area contributed by atoms with Gasteiger partial charge in [0.15, 0.2) is 0 Å². The van der Waals surface area contributed by atoms with Gasteiger partial charge in [0.25, 0.3) is 0 Å². The van der Waals surface area contributed by atoms with E-state index in [-0.39, 0.29) is 73.3 Å². The summed E-state index contributed by atoms with van der Waals surface area (Å²) in [7, 11) is 0. The van der Waals surface area contributed by atoms with E-state index in [2.05, 4.69) is 66.9 Å². The number of carbonyl (C=O) groups excluding carboxylic acids is 7. The minimum absolute atomic E-state index is 0.0306. The highest BCUT2D eigenvalue weighted by atomic mass is 16.6. The number of carbonyl (C=O) groups is 7. The van der Waals surface area contributed by atoms with Crippen molar-refractivity contribution >= 4 is 41.6 Å². The lowest BCUT2D eigenvalue weighted by Crippen LogP contribution is -2.47. The van der Waals surface area contributed by atoms with Gasteiger partial charge in [-0.15, -0.1) is 0 Å². The summed E-state index contributed by atoms with van der Waals surface area (Å²) < 4.78 is 23.6. The van der Waals surface area contributed by atoms with Gasteiger partial charge in [-0.05, 0) is 194 Å². The number of ether oxygens (including phenoxy) is 4. The van der Waals surface area contributed by atoms with Gasteiger partial charge in [0, 0.05) is 51.7 Å². The molecule has 2 N–H and O–H groups in total. The molecule has 0 radical (unpaired) electrons. The van der Waals surface area contributed by atoms with Crippen LogP contribution < -0.4 is 10.6 Å². The maximum atomic E-state index is 14.0. The van der Waals surface area contributed by atoms with Gasteiger partial charge in [0.2, 0.25) is 17.7 Å². The lowest BCUT2D eigenvalue weighted by molar-refractivity contribution is -0.151. The van der Waals surface area contributed by atoms with E-state index in [1.165, 1.54) is 223 Å². The summed E-state index contributed by atoms with van der Waals surface area (Å²) in [5.41, 5.74) is 0. The largest absolute Gasteiger partial charge is 0.466 e. The van der Waals surface area contributed by atoms with Crippen LogP contribution in [0.25, 0.3) is 0 Å². The zero-order valence-electron chi connectivity index (χ0n) is 78.7. The third-order valence-corrected chi connectivity index (χ3v) is 24.4. The summed E-state index contributed by atoms with van der Waals surface area (Å²) in [6.07, 6.45) is 77.4. The van der Waals surface area contributed by atoms with Crippen molar-refractivity contribution in [1.82, 2.24) is 30.2 Å². The van der Waals surface area contributed by atoms with Crippen molar-refractivity contribution in [1.29, 1.82) is 0 Å². The monoisotopic (exact) mass is 1670 g/mol. The first kappa shape index (κ1) is 112. The Morgan fingerprint density at radius 3 is 0.831 bits per heavy atom. The number of hydrogen-bond acceptors (Lipinski definition) is 14. The van der Waals surface area contributed by atoms with Crippen LogP contribution in [0.3, 0.4) is 0 Å². The van der Waals surface area contributed by atoms with Gasteiger partial charge in [-0.3, -0.25) is 33.6 Å². The molecule has 1 rings (SSSR count). The molecule has 17 heteroatoms. The molecule has 1 fully saturated rings. The Labute approximate surface area is 728 Å². The average Bonchev–Trinajstić information content (AvgIpc) is 1.28. The number of esters is 4. The molecule has 694 valence electrons. The normalized spacial score (nSPS) is 12.4. The van der Waals surface area contributed by atoms with Crippen LogP contribution >= 0.6 is 0 Å². The third-order valence-electron chi connectivity index (χ3n) is 24.4. The van der Waals surface area contributed by atoms with Gasteiger partial charge in [-0.1, -0.05) is 324 Å². The number of unbranched alkanes of at least 4 members (excludes halogenated alkanes) is 48. The fourth-order valence-electron chi connectivity index (χ4n) is 16.6. The molecule has 1 heterocycles. The maximum Gasteiger partial charge on any atom is 0.306 e. The third kappa shape index (κ3) is 77.0. The van der Waals surface area contributed by atoms with E-state index < -0.39 is 0 Å². The molecule has 0 spiro atoms. The molecule has 0 unspecified atom stereocenters. The Morgan fingerprint density at radius 1 is 0.280 bits per heavy atom. The van der Waals surface area contributed by atoms with Gasteiger partial charge < -0.3 is 49.2 Å². The van der Waals surface area contributed by atoms with Crippen LogP contribution in [0.1, 0.15) is 497 Å². The van der Waals surface area contributed by atoms with Gasteiger partial charge in [0.1, 0.15) is 25.3 Å². The molecule has 1 aliphatic rings. The highest BCUT2D eigenvalue weighted by Crippen LogP contribution is 2.23. The summed E-state index contributed by atoms with van der Waals surface area (Å²) in [5.74, 6) is -0.966. The lowest BCUT2D eigenvalue weighted by Gasteiger charge is -2.24. The maximum absolute atomic E-state index is 14.0. The Bertz CT molecular complexity index is 2090. The van der Waals surface area contributed by atoms with E-state index in [0.717, 1.165) is 258 Å². The molecule has 0 atom stereocenters. The molecule has 0 saturated carbocycles. The van der Waals surface area contributed by atoms with Crippen LogP contribution in [0, 0.1) is 0 Å². The van der Waals surface area contributed by atoms with Crippen LogP contribution in [0.2, 0.25) is 0 Å². The standard InChI is InChI=1S/C101H194N6O11/c1-7-13-19-25-31-33-35-47-65-89-115-98(111)73-57-49-61-82-104(80-59-45-37-43-55-75-100(113)117-93(69-51-39-27-21-15-9-3)70-52-40-28-22-16-10-4)86-67-78-102-95(108)91-107(97(110)77-88-106-84-63-64-85-106)92-96(109)103-79-68-87-105(83-62-50-58-74-99(112)116-90-66-48-36-34-32-26-20-14-8-2)81-60-46-38-44-56-76-101(114)118-94(71-53-41-29-23-17-11-5)72-54-42-30-24-18-12-6/h93-94H,7-92H2,1-6H3,(H,102,108)(H,103,109). The number of nitrogens with one attached hydrogen (secondary N) is 2. The molecule has 17 nitrogen and oxygen atoms in total. The van der Waals surface area contributed by atoms with Crippen molar-refractivity contribution in [2.45, 2.75) is 510 Å². The summed E-state index contributed by atoms with van der Waals surface area (Å²) in [4.78, 5) is 102. The van der Waals surface area contributed by atoms with Gasteiger partial charge in [-0.25, -0.2) is 0 Å². The average molecular weight is 1670 g/mol. The van der Waals surface area contributed by atoms with E-state index in [9.17, 15) is 33.6 Å². The number of hydrogen-bond donors (Lipinski definition) is 2. The Kier molecular flexibility index (Phi) is 83.7.